The number of ether oxygens (including phenoxy) is 1. The molecule has 0 radical (unpaired) electrons. The molecule has 160 valence electrons. The zero-order valence-electron chi connectivity index (χ0n) is 17.5. The minimum atomic E-state index is -0.500. The van der Waals surface area contributed by atoms with Crippen molar-refractivity contribution in [1.29, 1.82) is 0 Å². The predicted octanol–water partition coefficient (Wildman–Crippen LogP) is 4.42. The first kappa shape index (κ1) is 22.0. The van der Waals surface area contributed by atoms with Crippen molar-refractivity contribution in [2.75, 3.05) is 6.61 Å². The highest BCUT2D eigenvalue weighted by Crippen LogP contribution is 2.38. The van der Waals surface area contributed by atoms with Crippen LogP contribution in [0, 0.1) is 17.0 Å². The highest BCUT2D eigenvalue weighted by Gasteiger charge is 2.37. The summed E-state index contributed by atoms with van der Waals surface area (Å²) in [5, 5.41) is 11.1. The summed E-state index contributed by atoms with van der Waals surface area (Å²) < 4.78 is 5.32. The van der Waals surface area contributed by atoms with E-state index in [1.54, 1.807) is 19.1 Å². The van der Waals surface area contributed by atoms with E-state index in [0.29, 0.717) is 16.8 Å². The Bertz CT molecular complexity index is 1060. The first-order chi connectivity index (χ1) is 14.8. The van der Waals surface area contributed by atoms with Gasteiger partial charge in [0.25, 0.3) is 5.69 Å². The standard InChI is InChI=1S/C24H24N2O5/c1-4-12-31-24(28)23-17(3)25(15-18-6-5-7-20(13-18)26(29)30)22(27)14-21(23)19-10-8-16(2)9-11-19/h4-11,13,21H,1,12,14-15H2,2-3H3. The second-order valence-electron chi connectivity index (χ2n) is 7.46. The van der Waals surface area contributed by atoms with Gasteiger partial charge in [0.15, 0.2) is 0 Å². The van der Waals surface area contributed by atoms with Crippen LogP contribution < -0.4 is 0 Å². The van der Waals surface area contributed by atoms with Gasteiger partial charge < -0.3 is 9.64 Å². The number of nitro groups is 1. The molecule has 0 N–H and O–H groups in total. The topological polar surface area (TPSA) is 89.8 Å². The third-order valence-electron chi connectivity index (χ3n) is 5.32. The third-order valence-corrected chi connectivity index (χ3v) is 5.32. The van der Waals surface area contributed by atoms with E-state index in [2.05, 4.69) is 6.58 Å². The van der Waals surface area contributed by atoms with Crippen LogP contribution in [0.3, 0.4) is 0 Å². The number of allylic oxidation sites excluding steroid dienone is 1. The Balaban J connectivity index is 2.01. The van der Waals surface area contributed by atoms with E-state index >= 15 is 0 Å². The van der Waals surface area contributed by atoms with Crippen molar-refractivity contribution >= 4 is 17.6 Å². The van der Waals surface area contributed by atoms with Gasteiger partial charge in [-0.2, -0.15) is 0 Å². The largest absolute Gasteiger partial charge is 0.458 e. The van der Waals surface area contributed by atoms with Crippen molar-refractivity contribution in [3.8, 4) is 0 Å². The lowest BCUT2D eigenvalue weighted by Gasteiger charge is -2.34. The quantitative estimate of drug-likeness (QED) is 0.286. The highest BCUT2D eigenvalue weighted by molar-refractivity contribution is 5.95. The molecule has 1 aliphatic heterocycles. The molecule has 2 aromatic rings. The van der Waals surface area contributed by atoms with Crippen LogP contribution in [0.2, 0.25) is 0 Å². The minimum Gasteiger partial charge on any atom is -0.458 e. The van der Waals surface area contributed by atoms with Crippen molar-refractivity contribution in [3.05, 3.63) is 99.3 Å². The highest BCUT2D eigenvalue weighted by atomic mass is 16.6. The second-order valence-corrected chi connectivity index (χ2v) is 7.46. The number of esters is 1. The van der Waals surface area contributed by atoms with Gasteiger partial charge in [-0.05, 0) is 25.0 Å². The number of hydrogen-bond donors (Lipinski definition) is 0. The van der Waals surface area contributed by atoms with Crippen LogP contribution in [0.5, 0.6) is 0 Å². The van der Waals surface area contributed by atoms with Crippen LogP contribution in [0.15, 0.2) is 72.5 Å². The molecule has 0 bridgehead atoms. The number of aryl methyl sites for hydroxylation is 1. The summed E-state index contributed by atoms with van der Waals surface area (Å²) in [5.41, 5.74) is 3.40. The molecule has 1 heterocycles. The Kier molecular flexibility index (Phi) is 6.65. The Morgan fingerprint density at radius 3 is 2.61 bits per heavy atom. The average molecular weight is 420 g/mol. The van der Waals surface area contributed by atoms with Crippen molar-refractivity contribution in [3.63, 3.8) is 0 Å². The molecule has 31 heavy (non-hydrogen) atoms. The summed E-state index contributed by atoms with van der Waals surface area (Å²) in [4.78, 5) is 38.1. The van der Waals surface area contributed by atoms with E-state index in [4.69, 9.17) is 4.74 Å². The minimum absolute atomic E-state index is 0.0493. The van der Waals surface area contributed by atoms with Crippen LogP contribution in [-0.4, -0.2) is 28.3 Å². The van der Waals surface area contributed by atoms with Gasteiger partial charge in [-0.15, -0.1) is 0 Å². The molecule has 0 saturated heterocycles. The third kappa shape index (κ3) is 4.88. The maximum Gasteiger partial charge on any atom is 0.336 e. The summed E-state index contributed by atoms with van der Waals surface area (Å²) in [7, 11) is 0. The number of non-ortho nitro benzene ring substituents is 1. The second kappa shape index (κ2) is 9.38. The van der Waals surface area contributed by atoms with Gasteiger partial charge in [0.05, 0.1) is 17.0 Å². The number of amides is 1. The first-order valence-corrected chi connectivity index (χ1v) is 9.91. The molecule has 0 saturated carbocycles. The lowest BCUT2D eigenvalue weighted by molar-refractivity contribution is -0.384. The molecule has 1 aliphatic rings. The fraction of sp³-hybridized carbons (Fsp3) is 0.250. The molecule has 7 heteroatoms. The molecule has 1 atom stereocenters. The smallest absolute Gasteiger partial charge is 0.336 e. The molecule has 0 aromatic heterocycles. The molecule has 2 aromatic carbocycles. The van der Waals surface area contributed by atoms with Gasteiger partial charge in [0.2, 0.25) is 5.91 Å². The van der Waals surface area contributed by atoms with E-state index < -0.39 is 16.8 Å². The summed E-state index contributed by atoms with van der Waals surface area (Å²) in [5.74, 6) is -1.08. The van der Waals surface area contributed by atoms with Crippen molar-refractivity contribution in [2.45, 2.75) is 32.7 Å². The number of carbonyl (C=O) groups excluding carboxylic acids is 2. The van der Waals surface area contributed by atoms with E-state index in [-0.39, 0.29) is 31.2 Å². The van der Waals surface area contributed by atoms with Crippen LogP contribution in [-0.2, 0) is 20.9 Å². The van der Waals surface area contributed by atoms with Gasteiger partial charge in [-0.25, -0.2) is 4.79 Å². The molecule has 1 unspecified atom stereocenters. The van der Waals surface area contributed by atoms with Gasteiger partial charge in [-0.1, -0.05) is 54.6 Å². The molecule has 1 amide bonds. The number of nitro benzene ring substituents is 1. The molecule has 0 fully saturated rings. The van der Waals surface area contributed by atoms with Crippen LogP contribution in [0.1, 0.15) is 36.0 Å². The lowest BCUT2D eigenvalue weighted by Crippen LogP contribution is -2.38. The predicted molar refractivity (Wildman–Crippen MR) is 116 cm³/mol. The molecular formula is C24H24N2O5. The maximum absolute atomic E-state index is 13.1. The average Bonchev–Trinajstić information content (AvgIpc) is 2.75. The molecule has 3 rings (SSSR count). The number of hydrogen-bond acceptors (Lipinski definition) is 5. The monoisotopic (exact) mass is 420 g/mol. The van der Waals surface area contributed by atoms with Crippen molar-refractivity contribution in [2.24, 2.45) is 0 Å². The number of nitrogens with zero attached hydrogens (tertiary/aromatic N) is 2. The molecule has 0 spiro atoms. The van der Waals surface area contributed by atoms with Crippen LogP contribution in [0.25, 0.3) is 0 Å². The van der Waals surface area contributed by atoms with Crippen molar-refractivity contribution in [1.82, 2.24) is 4.90 Å². The molecular weight excluding hydrogens is 396 g/mol. The summed E-state index contributed by atoms with van der Waals surface area (Å²) >= 11 is 0. The van der Waals surface area contributed by atoms with Crippen LogP contribution in [0.4, 0.5) is 5.69 Å². The SMILES string of the molecule is C=CCOC(=O)C1=C(C)N(Cc2cccc([N+](=O)[O-])c2)C(=O)CC1c1ccc(C)cc1. The normalized spacial score (nSPS) is 16.3. The molecule has 7 nitrogen and oxygen atoms in total. The number of rotatable bonds is 7. The van der Waals surface area contributed by atoms with E-state index in [1.807, 2.05) is 31.2 Å². The lowest BCUT2D eigenvalue weighted by atomic mass is 9.83. The zero-order valence-corrected chi connectivity index (χ0v) is 17.5. The molecule has 0 aliphatic carbocycles. The van der Waals surface area contributed by atoms with Crippen molar-refractivity contribution < 1.29 is 19.2 Å². The zero-order chi connectivity index (χ0) is 22.5. The Labute approximate surface area is 180 Å². The summed E-state index contributed by atoms with van der Waals surface area (Å²) in [6, 6.07) is 13.8. The first-order valence-electron chi connectivity index (χ1n) is 9.91. The van der Waals surface area contributed by atoms with E-state index in [1.165, 1.54) is 23.1 Å². The Morgan fingerprint density at radius 2 is 1.97 bits per heavy atom. The Morgan fingerprint density at radius 1 is 1.26 bits per heavy atom. The van der Waals surface area contributed by atoms with E-state index in [0.717, 1.165) is 11.1 Å². The van der Waals surface area contributed by atoms with E-state index in [9.17, 15) is 19.7 Å². The summed E-state index contributed by atoms with van der Waals surface area (Å²) in [6.07, 6.45) is 1.59. The van der Waals surface area contributed by atoms with Gasteiger partial charge in [0.1, 0.15) is 6.61 Å². The van der Waals surface area contributed by atoms with Gasteiger partial charge in [0, 0.05) is 30.2 Å². The van der Waals surface area contributed by atoms with Gasteiger partial charge in [-0.3, -0.25) is 14.9 Å². The Hall–Kier alpha value is -3.74. The fourth-order valence-electron chi connectivity index (χ4n) is 3.71. The van der Waals surface area contributed by atoms with Crippen LogP contribution >= 0.6 is 0 Å². The maximum atomic E-state index is 13.1. The summed E-state index contributed by atoms with van der Waals surface area (Å²) in [6.45, 7) is 7.45. The fourth-order valence-corrected chi connectivity index (χ4v) is 3.71. The number of carbonyl (C=O) groups is 2. The number of benzene rings is 2. The van der Waals surface area contributed by atoms with Gasteiger partial charge >= 0.3 is 5.97 Å².